The minimum Gasteiger partial charge on any atom is -0.468 e. The number of rotatable bonds is 5. The maximum Gasteiger partial charge on any atom is 0.338 e. The Labute approximate surface area is 138 Å². The van der Waals surface area contributed by atoms with Crippen LogP contribution in [0.15, 0.2) is 18.2 Å². The lowest BCUT2D eigenvalue weighted by molar-refractivity contribution is -0.385. The number of halogens is 1. The lowest BCUT2D eigenvalue weighted by atomic mass is 9.96. The lowest BCUT2D eigenvalue weighted by Crippen LogP contribution is -2.24. The van der Waals surface area contributed by atoms with E-state index in [4.69, 9.17) is 0 Å². The van der Waals surface area contributed by atoms with E-state index in [2.05, 4.69) is 12.5 Å². The van der Waals surface area contributed by atoms with E-state index in [1.54, 1.807) is 0 Å². The SMILES string of the molecule is COC(=O)c1ccc(C(C(=O)OC)C(=O)OI)c([N+](=O)[O-])c1. The Kier molecular flexibility index (Phi) is 6.22. The second-order valence-corrected chi connectivity index (χ2v) is 4.32. The van der Waals surface area contributed by atoms with Gasteiger partial charge in [-0.1, -0.05) is 0 Å². The Balaban J connectivity index is 3.49. The molecule has 0 N–H and O–H groups in total. The molecule has 0 saturated carbocycles. The molecule has 9 nitrogen and oxygen atoms in total. The molecule has 0 heterocycles. The summed E-state index contributed by atoms with van der Waals surface area (Å²) in [6.45, 7) is 0. The van der Waals surface area contributed by atoms with Gasteiger partial charge >= 0.3 is 17.9 Å². The number of methoxy groups -OCH3 is 2. The number of nitrogens with zero attached hydrogens (tertiary/aromatic N) is 1. The van der Waals surface area contributed by atoms with Crippen LogP contribution < -0.4 is 0 Å². The van der Waals surface area contributed by atoms with Gasteiger partial charge in [-0.2, -0.15) is 0 Å². The number of nitro groups is 1. The van der Waals surface area contributed by atoms with E-state index in [1.165, 1.54) is 29.1 Å². The number of hydrogen-bond acceptors (Lipinski definition) is 8. The standard InChI is InChI=1S/C12H10INO8/c1-20-10(15)6-3-4-7(8(5-6)14(18)19)9(11(16)21-2)12(17)22-13/h3-5,9H,1-2H3. The first-order chi connectivity index (χ1) is 10.4. The summed E-state index contributed by atoms with van der Waals surface area (Å²) in [6.07, 6.45) is 0. The van der Waals surface area contributed by atoms with Crippen LogP contribution in [0.5, 0.6) is 0 Å². The molecule has 0 aliphatic carbocycles. The van der Waals surface area contributed by atoms with Gasteiger partial charge in [-0.25, -0.2) is 4.79 Å². The van der Waals surface area contributed by atoms with Crippen molar-refractivity contribution < 1.29 is 31.8 Å². The summed E-state index contributed by atoms with van der Waals surface area (Å²) < 4.78 is 13.4. The summed E-state index contributed by atoms with van der Waals surface area (Å²) in [4.78, 5) is 45.2. The molecule has 0 aliphatic rings. The molecular weight excluding hydrogens is 413 g/mol. The van der Waals surface area contributed by atoms with Crippen molar-refractivity contribution >= 4 is 46.6 Å². The number of esters is 2. The smallest absolute Gasteiger partial charge is 0.338 e. The maximum absolute atomic E-state index is 11.7. The van der Waals surface area contributed by atoms with Crippen molar-refractivity contribution in [3.8, 4) is 0 Å². The molecule has 0 radical (unpaired) electrons. The zero-order valence-corrected chi connectivity index (χ0v) is 13.6. The maximum atomic E-state index is 11.7. The van der Waals surface area contributed by atoms with Crippen LogP contribution >= 0.6 is 23.0 Å². The first-order valence-electron chi connectivity index (χ1n) is 5.64. The summed E-state index contributed by atoms with van der Waals surface area (Å²) in [7, 11) is 2.15. The zero-order valence-electron chi connectivity index (χ0n) is 11.4. The highest BCUT2D eigenvalue weighted by Crippen LogP contribution is 2.30. The van der Waals surface area contributed by atoms with Gasteiger partial charge in [0.2, 0.25) is 0 Å². The molecular formula is C12H10INO8. The highest BCUT2D eigenvalue weighted by molar-refractivity contribution is 14.1. The number of nitro benzene ring substituents is 1. The van der Waals surface area contributed by atoms with Gasteiger partial charge in [-0.3, -0.25) is 19.7 Å². The monoisotopic (exact) mass is 423 g/mol. The van der Waals surface area contributed by atoms with Crippen LogP contribution in [0.4, 0.5) is 5.69 Å². The summed E-state index contributed by atoms with van der Waals surface area (Å²) in [5.74, 6) is -4.47. The fourth-order valence-corrected chi connectivity index (χ4v) is 1.96. The molecule has 0 aliphatic heterocycles. The van der Waals surface area contributed by atoms with E-state index in [0.717, 1.165) is 26.4 Å². The van der Waals surface area contributed by atoms with Gasteiger partial charge in [0, 0.05) is 6.07 Å². The average Bonchev–Trinajstić information content (AvgIpc) is 2.53. The van der Waals surface area contributed by atoms with Gasteiger partial charge in [0.15, 0.2) is 28.9 Å². The number of carbonyl (C=O) groups is 3. The highest BCUT2D eigenvalue weighted by atomic mass is 127. The van der Waals surface area contributed by atoms with Crippen molar-refractivity contribution in [3.63, 3.8) is 0 Å². The van der Waals surface area contributed by atoms with Crippen LogP contribution in [0.1, 0.15) is 21.8 Å². The van der Waals surface area contributed by atoms with Crippen molar-refractivity contribution in [3.05, 3.63) is 39.4 Å². The first-order valence-corrected chi connectivity index (χ1v) is 6.52. The molecule has 1 aromatic carbocycles. The minimum absolute atomic E-state index is 0.0931. The molecule has 1 unspecified atom stereocenters. The van der Waals surface area contributed by atoms with E-state index < -0.39 is 34.4 Å². The molecule has 22 heavy (non-hydrogen) atoms. The quantitative estimate of drug-likeness (QED) is 0.230. The van der Waals surface area contributed by atoms with Crippen molar-refractivity contribution in [2.75, 3.05) is 14.2 Å². The molecule has 0 aromatic heterocycles. The van der Waals surface area contributed by atoms with E-state index in [-0.39, 0.29) is 11.1 Å². The summed E-state index contributed by atoms with van der Waals surface area (Å²) >= 11 is 1.26. The fraction of sp³-hybridized carbons (Fsp3) is 0.250. The number of hydrogen-bond donors (Lipinski definition) is 0. The van der Waals surface area contributed by atoms with Crippen LogP contribution in [0.3, 0.4) is 0 Å². The van der Waals surface area contributed by atoms with Gasteiger partial charge in [0.1, 0.15) is 0 Å². The van der Waals surface area contributed by atoms with Crippen molar-refractivity contribution in [2.24, 2.45) is 0 Å². The van der Waals surface area contributed by atoms with Gasteiger partial charge in [0.25, 0.3) is 5.69 Å². The topological polar surface area (TPSA) is 122 Å². The van der Waals surface area contributed by atoms with E-state index in [1.807, 2.05) is 0 Å². The molecule has 0 spiro atoms. The Bertz CT molecular complexity index is 614. The van der Waals surface area contributed by atoms with Crippen LogP contribution in [0, 0.1) is 10.1 Å². The molecule has 0 bridgehead atoms. The van der Waals surface area contributed by atoms with Gasteiger partial charge < -0.3 is 12.5 Å². The third kappa shape index (κ3) is 3.69. The second kappa shape index (κ2) is 7.68. The van der Waals surface area contributed by atoms with E-state index in [0.29, 0.717) is 0 Å². The normalized spacial score (nSPS) is 11.2. The van der Waals surface area contributed by atoms with Crippen LogP contribution in [0.25, 0.3) is 0 Å². The van der Waals surface area contributed by atoms with Crippen molar-refractivity contribution in [2.45, 2.75) is 5.92 Å². The van der Waals surface area contributed by atoms with Crippen LogP contribution in [-0.2, 0) is 22.1 Å². The molecule has 1 atom stereocenters. The van der Waals surface area contributed by atoms with Gasteiger partial charge in [0.05, 0.1) is 30.3 Å². The third-order valence-electron chi connectivity index (χ3n) is 2.71. The minimum atomic E-state index is -1.63. The zero-order chi connectivity index (χ0) is 16.9. The van der Waals surface area contributed by atoms with E-state index in [9.17, 15) is 24.5 Å². The molecule has 0 saturated heterocycles. The third-order valence-corrected chi connectivity index (χ3v) is 3.14. The largest absolute Gasteiger partial charge is 0.468 e. The summed E-state index contributed by atoms with van der Waals surface area (Å²) in [5.41, 5.74) is -0.935. The Hall–Kier alpha value is -2.24. The predicted molar refractivity (Wildman–Crippen MR) is 79.3 cm³/mol. The predicted octanol–water partition coefficient (Wildman–Crippen LogP) is 1.53. The molecule has 10 heteroatoms. The molecule has 1 aromatic rings. The number of ether oxygens (including phenoxy) is 2. The molecule has 118 valence electrons. The first kappa shape index (κ1) is 17.8. The Morgan fingerprint density at radius 3 is 2.27 bits per heavy atom. The summed E-state index contributed by atoms with van der Waals surface area (Å²) in [6, 6.07) is 3.22. The molecule has 1 rings (SSSR count). The second-order valence-electron chi connectivity index (χ2n) is 3.87. The van der Waals surface area contributed by atoms with Gasteiger partial charge in [-0.05, 0) is 12.1 Å². The van der Waals surface area contributed by atoms with Crippen molar-refractivity contribution in [1.29, 1.82) is 0 Å². The van der Waals surface area contributed by atoms with Gasteiger partial charge in [-0.15, -0.1) is 0 Å². The Morgan fingerprint density at radius 1 is 1.18 bits per heavy atom. The van der Waals surface area contributed by atoms with Crippen molar-refractivity contribution in [1.82, 2.24) is 0 Å². The lowest BCUT2D eigenvalue weighted by Gasteiger charge is -2.12. The van der Waals surface area contributed by atoms with E-state index >= 15 is 0 Å². The molecule has 0 amide bonds. The van der Waals surface area contributed by atoms with Crippen LogP contribution in [-0.4, -0.2) is 37.1 Å². The highest BCUT2D eigenvalue weighted by Gasteiger charge is 2.37. The Morgan fingerprint density at radius 2 is 1.82 bits per heavy atom. The average molecular weight is 423 g/mol. The molecule has 0 fully saturated rings. The summed E-state index contributed by atoms with van der Waals surface area (Å²) in [5, 5.41) is 11.2. The number of carbonyl (C=O) groups excluding carboxylic acids is 3. The van der Waals surface area contributed by atoms with Crippen LogP contribution in [0.2, 0.25) is 0 Å². The fourth-order valence-electron chi connectivity index (χ4n) is 1.70. The number of benzene rings is 1.